The Kier molecular flexibility index (Phi) is 5.50. The minimum atomic E-state index is -0.974. The Hall–Kier alpha value is -1.40. The van der Waals surface area contributed by atoms with Gasteiger partial charge in [-0.25, -0.2) is 0 Å². The molecule has 1 aromatic heterocycles. The smallest absolute Gasteiger partial charge is 0.269 e. The number of aryl methyl sites for hydroxylation is 2. The number of nitrogens with one attached hydrogen (secondary N) is 1. The molecule has 0 aliphatic rings. The molecule has 0 saturated carbocycles. The maximum atomic E-state index is 12.0. The van der Waals surface area contributed by atoms with Crippen molar-refractivity contribution < 1.29 is 14.6 Å². The summed E-state index contributed by atoms with van der Waals surface area (Å²) in [6.07, 6.45) is 1.25. The number of aromatic nitrogens is 2. The van der Waals surface area contributed by atoms with Crippen LogP contribution >= 0.6 is 0 Å². The van der Waals surface area contributed by atoms with Gasteiger partial charge in [0.1, 0.15) is 5.69 Å². The molecule has 1 unspecified atom stereocenters. The van der Waals surface area contributed by atoms with E-state index in [1.165, 1.54) is 0 Å². The van der Waals surface area contributed by atoms with Gasteiger partial charge in [-0.05, 0) is 19.4 Å². The molecule has 0 bridgehead atoms. The van der Waals surface area contributed by atoms with Crippen LogP contribution in [0.4, 0.5) is 0 Å². The number of aliphatic hydroxyl groups is 1. The number of ether oxygens (including phenoxy) is 1. The molecule has 1 aromatic rings. The Morgan fingerprint density at radius 3 is 2.84 bits per heavy atom. The highest BCUT2D eigenvalue weighted by Gasteiger charge is 2.22. The molecule has 0 saturated heterocycles. The lowest BCUT2D eigenvalue weighted by molar-refractivity contribution is 0.0242. The largest absolute Gasteiger partial charge is 0.388 e. The molecular formula is C13H23N3O3. The van der Waals surface area contributed by atoms with E-state index < -0.39 is 5.60 Å². The molecule has 2 N–H and O–H groups in total. The summed E-state index contributed by atoms with van der Waals surface area (Å²) in [7, 11) is 3.31. The average Bonchev–Trinajstić information content (AvgIpc) is 2.75. The Bertz CT molecular complexity index is 427. The van der Waals surface area contributed by atoms with E-state index in [2.05, 4.69) is 10.4 Å². The molecular weight excluding hydrogens is 246 g/mol. The van der Waals surface area contributed by atoms with Crippen LogP contribution in [-0.2, 0) is 18.2 Å². The number of hydrogen-bond acceptors (Lipinski definition) is 4. The molecule has 0 radical (unpaired) electrons. The van der Waals surface area contributed by atoms with Gasteiger partial charge in [0.05, 0.1) is 11.3 Å². The molecule has 108 valence electrons. The van der Waals surface area contributed by atoms with Crippen molar-refractivity contribution in [1.29, 1.82) is 0 Å². The van der Waals surface area contributed by atoms with Crippen molar-refractivity contribution in [3.63, 3.8) is 0 Å². The maximum absolute atomic E-state index is 12.0. The second kappa shape index (κ2) is 6.68. The second-order valence-electron chi connectivity index (χ2n) is 4.92. The molecule has 0 aliphatic carbocycles. The van der Waals surface area contributed by atoms with Crippen molar-refractivity contribution in [3.05, 3.63) is 17.5 Å². The van der Waals surface area contributed by atoms with Crippen LogP contribution in [0.15, 0.2) is 6.07 Å². The van der Waals surface area contributed by atoms with Crippen molar-refractivity contribution in [2.45, 2.75) is 32.3 Å². The molecule has 0 aliphatic heterocycles. The number of amides is 1. The summed E-state index contributed by atoms with van der Waals surface area (Å²) in [5.74, 6) is -0.229. The Labute approximate surface area is 113 Å². The number of nitrogens with zero attached hydrogens (tertiary/aromatic N) is 2. The third kappa shape index (κ3) is 4.65. The quantitative estimate of drug-likeness (QED) is 0.756. The molecule has 1 rings (SSSR count). The topological polar surface area (TPSA) is 76.4 Å². The monoisotopic (exact) mass is 269 g/mol. The van der Waals surface area contributed by atoms with Crippen molar-refractivity contribution in [1.82, 2.24) is 15.1 Å². The van der Waals surface area contributed by atoms with E-state index in [-0.39, 0.29) is 12.5 Å². The van der Waals surface area contributed by atoms with E-state index in [0.717, 1.165) is 12.1 Å². The first-order chi connectivity index (χ1) is 8.89. The van der Waals surface area contributed by atoms with E-state index in [1.807, 2.05) is 6.92 Å². The summed E-state index contributed by atoms with van der Waals surface area (Å²) in [4.78, 5) is 12.0. The fourth-order valence-electron chi connectivity index (χ4n) is 1.68. The van der Waals surface area contributed by atoms with E-state index in [1.54, 1.807) is 31.8 Å². The summed E-state index contributed by atoms with van der Waals surface area (Å²) >= 11 is 0. The first-order valence-electron chi connectivity index (χ1n) is 6.42. The number of carbonyl (C=O) groups is 1. The van der Waals surface area contributed by atoms with Gasteiger partial charge in [-0.3, -0.25) is 9.48 Å². The number of carbonyl (C=O) groups excluding carboxylic acids is 1. The van der Waals surface area contributed by atoms with Gasteiger partial charge in [0.15, 0.2) is 0 Å². The van der Waals surface area contributed by atoms with Crippen LogP contribution in [0, 0.1) is 0 Å². The number of rotatable bonds is 7. The lowest BCUT2D eigenvalue weighted by Crippen LogP contribution is -2.41. The second-order valence-corrected chi connectivity index (χ2v) is 4.92. The maximum Gasteiger partial charge on any atom is 0.269 e. The fraction of sp³-hybridized carbons (Fsp3) is 0.692. The standard InChI is InChI=1S/C13H23N3O3/c1-5-10-8-11(16(3)15-10)12(17)14-9-13(2,18)6-7-19-4/h8,18H,5-7,9H2,1-4H3,(H,14,17). The zero-order valence-electron chi connectivity index (χ0n) is 12.1. The van der Waals surface area contributed by atoms with Crippen molar-refractivity contribution >= 4 is 5.91 Å². The molecule has 6 heteroatoms. The first kappa shape index (κ1) is 15.7. The molecule has 1 atom stereocenters. The minimum absolute atomic E-state index is 0.182. The Balaban J connectivity index is 2.57. The number of hydrogen-bond donors (Lipinski definition) is 2. The third-order valence-corrected chi connectivity index (χ3v) is 3.00. The van der Waals surface area contributed by atoms with Gasteiger partial charge in [-0.15, -0.1) is 0 Å². The molecule has 19 heavy (non-hydrogen) atoms. The van der Waals surface area contributed by atoms with E-state index in [0.29, 0.717) is 18.7 Å². The normalized spacial score (nSPS) is 14.2. The first-order valence-corrected chi connectivity index (χ1v) is 6.42. The van der Waals surface area contributed by atoms with Crippen LogP contribution in [0.1, 0.15) is 36.5 Å². The van der Waals surface area contributed by atoms with Crippen LogP contribution in [0.5, 0.6) is 0 Å². The Morgan fingerprint density at radius 2 is 2.32 bits per heavy atom. The van der Waals surface area contributed by atoms with Crippen LogP contribution in [0.25, 0.3) is 0 Å². The zero-order valence-corrected chi connectivity index (χ0v) is 12.1. The molecule has 0 aromatic carbocycles. The van der Waals surface area contributed by atoms with Crippen molar-refractivity contribution in [2.75, 3.05) is 20.3 Å². The SMILES string of the molecule is CCc1cc(C(=O)NCC(C)(O)CCOC)n(C)n1. The molecule has 0 spiro atoms. The molecule has 1 amide bonds. The summed E-state index contributed by atoms with van der Waals surface area (Å²) in [5, 5.41) is 17.0. The van der Waals surface area contributed by atoms with Gasteiger partial charge in [0.2, 0.25) is 0 Å². The highest BCUT2D eigenvalue weighted by Crippen LogP contribution is 2.09. The van der Waals surface area contributed by atoms with Crippen molar-refractivity contribution in [2.24, 2.45) is 7.05 Å². The fourth-order valence-corrected chi connectivity index (χ4v) is 1.68. The number of methoxy groups -OCH3 is 1. The predicted molar refractivity (Wildman–Crippen MR) is 72.0 cm³/mol. The molecule has 0 fully saturated rings. The lowest BCUT2D eigenvalue weighted by atomic mass is 10.0. The van der Waals surface area contributed by atoms with Gasteiger partial charge in [0, 0.05) is 33.7 Å². The van der Waals surface area contributed by atoms with Gasteiger partial charge in [-0.2, -0.15) is 5.10 Å². The van der Waals surface area contributed by atoms with Crippen LogP contribution < -0.4 is 5.32 Å². The zero-order chi connectivity index (χ0) is 14.5. The van der Waals surface area contributed by atoms with Gasteiger partial charge < -0.3 is 15.2 Å². The lowest BCUT2D eigenvalue weighted by Gasteiger charge is -2.23. The van der Waals surface area contributed by atoms with Gasteiger partial charge >= 0.3 is 0 Å². The highest BCUT2D eigenvalue weighted by atomic mass is 16.5. The van der Waals surface area contributed by atoms with E-state index in [9.17, 15) is 9.90 Å². The summed E-state index contributed by atoms with van der Waals surface area (Å²) in [6, 6.07) is 1.76. The van der Waals surface area contributed by atoms with Crippen LogP contribution in [0.2, 0.25) is 0 Å². The molecule has 6 nitrogen and oxygen atoms in total. The van der Waals surface area contributed by atoms with Crippen LogP contribution in [0.3, 0.4) is 0 Å². The summed E-state index contributed by atoms with van der Waals surface area (Å²) < 4.78 is 6.47. The highest BCUT2D eigenvalue weighted by molar-refractivity contribution is 5.92. The predicted octanol–water partition coefficient (Wildman–Crippen LogP) is 0.500. The molecule has 1 heterocycles. The summed E-state index contributed by atoms with van der Waals surface area (Å²) in [5.41, 5.74) is 0.399. The van der Waals surface area contributed by atoms with Crippen molar-refractivity contribution in [3.8, 4) is 0 Å². The average molecular weight is 269 g/mol. The van der Waals surface area contributed by atoms with E-state index in [4.69, 9.17) is 4.74 Å². The third-order valence-electron chi connectivity index (χ3n) is 3.00. The van der Waals surface area contributed by atoms with Crippen LogP contribution in [-0.4, -0.2) is 46.7 Å². The summed E-state index contributed by atoms with van der Waals surface area (Å²) in [6.45, 7) is 4.29. The van der Waals surface area contributed by atoms with E-state index >= 15 is 0 Å². The minimum Gasteiger partial charge on any atom is -0.388 e. The van der Waals surface area contributed by atoms with Gasteiger partial charge in [-0.1, -0.05) is 6.92 Å². The van der Waals surface area contributed by atoms with Gasteiger partial charge in [0.25, 0.3) is 5.91 Å². The Morgan fingerprint density at radius 1 is 1.63 bits per heavy atom.